The van der Waals surface area contributed by atoms with Crippen molar-refractivity contribution in [2.24, 2.45) is 10.4 Å². The van der Waals surface area contributed by atoms with E-state index < -0.39 is 0 Å². The fourth-order valence-corrected chi connectivity index (χ4v) is 2.56. The Morgan fingerprint density at radius 1 is 1.18 bits per heavy atom. The average molecular weight is 325 g/mol. The molecule has 0 aliphatic heterocycles. The summed E-state index contributed by atoms with van der Waals surface area (Å²) in [7, 11) is 6.00. The maximum atomic E-state index is 5.89. The van der Waals surface area contributed by atoms with Gasteiger partial charge in [-0.2, -0.15) is 0 Å². The molecule has 5 heteroatoms. The molecular formula is C17H29ClN4. The van der Waals surface area contributed by atoms with Gasteiger partial charge in [-0.3, -0.25) is 4.99 Å². The van der Waals surface area contributed by atoms with Crippen molar-refractivity contribution in [1.29, 1.82) is 0 Å². The summed E-state index contributed by atoms with van der Waals surface area (Å²) in [5.74, 6) is 0.848. The number of benzene rings is 1. The molecule has 0 aliphatic rings. The van der Waals surface area contributed by atoms with Crippen LogP contribution in [0.1, 0.15) is 19.4 Å². The van der Waals surface area contributed by atoms with Gasteiger partial charge in [0.1, 0.15) is 0 Å². The van der Waals surface area contributed by atoms with E-state index in [9.17, 15) is 0 Å². The summed E-state index contributed by atoms with van der Waals surface area (Å²) in [6.45, 7) is 7.25. The first-order chi connectivity index (χ1) is 10.3. The normalized spacial score (nSPS) is 12.6. The molecular weight excluding hydrogens is 296 g/mol. The zero-order chi connectivity index (χ0) is 16.6. The van der Waals surface area contributed by atoms with E-state index in [2.05, 4.69) is 60.6 Å². The number of hydrogen-bond acceptors (Lipinski definition) is 2. The second-order valence-corrected chi connectivity index (χ2v) is 7.07. The number of nitrogens with one attached hydrogen (secondary N) is 2. The Balaban J connectivity index is 2.35. The van der Waals surface area contributed by atoms with Crippen molar-refractivity contribution in [3.63, 3.8) is 0 Å². The summed E-state index contributed by atoms with van der Waals surface area (Å²) >= 11 is 5.89. The number of guanidine groups is 1. The molecule has 0 saturated carbocycles. The second kappa shape index (κ2) is 9.01. The van der Waals surface area contributed by atoms with Crippen molar-refractivity contribution >= 4 is 17.6 Å². The second-order valence-electron chi connectivity index (χ2n) is 6.63. The highest BCUT2D eigenvalue weighted by Gasteiger charge is 2.19. The van der Waals surface area contributed by atoms with Gasteiger partial charge < -0.3 is 15.5 Å². The average Bonchev–Trinajstić information content (AvgIpc) is 2.43. The Kier molecular flexibility index (Phi) is 7.69. The van der Waals surface area contributed by atoms with E-state index >= 15 is 0 Å². The van der Waals surface area contributed by atoms with Crippen molar-refractivity contribution in [1.82, 2.24) is 15.5 Å². The van der Waals surface area contributed by atoms with E-state index in [4.69, 9.17) is 11.6 Å². The summed E-state index contributed by atoms with van der Waals surface area (Å²) < 4.78 is 0. The third kappa shape index (κ3) is 7.66. The molecule has 0 fully saturated rings. The fourth-order valence-electron chi connectivity index (χ4n) is 2.43. The molecule has 0 spiro atoms. The van der Waals surface area contributed by atoms with Gasteiger partial charge in [-0.15, -0.1) is 0 Å². The number of hydrogen-bond donors (Lipinski definition) is 2. The topological polar surface area (TPSA) is 39.7 Å². The minimum absolute atomic E-state index is 0.192. The quantitative estimate of drug-likeness (QED) is 0.598. The first-order valence-electron chi connectivity index (χ1n) is 7.66. The van der Waals surface area contributed by atoms with Gasteiger partial charge in [0.05, 0.1) is 0 Å². The summed E-state index contributed by atoms with van der Waals surface area (Å²) in [5, 5.41) is 7.53. The zero-order valence-electron chi connectivity index (χ0n) is 14.4. The van der Waals surface area contributed by atoms with Crippen LogP contribution in [0.2, 0.25) is 5.02 Å². The summed E-state index contributed by atoms with van der Waals surface area (Å²) in [6.07, 6.45) is 0.943. The molecule has 0 saturated heterocycles. The maximum absolute atomic E-state index is 5.89. The van der Waals surface area contributed by atoms with E-state index in [0.29, 0.717) is 0 Å². The highest BCUT2D eigenvalue weighted by molar-refractivity contribution is 6.30. The third-order valence-corrected chi connectivity index (χ3v) is 3.57. The molecule has 0 amide bonds. The van der Waals surface area contributed by atoms with Crippen molar-refractivity contribution in [3.05, 3.63) is 34.9 Å². The van der Waals surface area contributed by atoms with Crippen molar-refractivity contribution in [2.75, 3.05) is 40.8 Å². The lowest BCUT2D eigenvalue weighted by Crippen LogP contribution is -2.45. The molecule has 0 heterocycles. The molecule has 1 aromatic carbocycles. The molecule has 1 aromatic rings. The van der Waals surface area contributed by atoms with Gasteiger partial charge in [0, 0.05) is 31.7 Å². The number of aliphatic imine (C=N–C) groups is 1. The number of nitrogens with zero attached hydrogens (tertiary/aromatic N) is 2. The van der Waals surface area contributed by atoms with Gasteiger partial charge >= 0.3 is 0 Å². The van der Waals surface area contributed by atoms with Gasteiger partial charge in [-0.25, -0.2) is 0 Å². The van der Waals surface area contributed by atoms with Crippen molar-refractivity contribution < 1.29 is 0 Å². The first kappa shape index (κ1) is 18.8. The molecule has 0 bridgehead atoms. The van der Waals surface area contributed by atoms with E-state index in [1.54, 1.807) is 7.05 Å². The fraction of sp³-hybridized carbons (Fsp3) is 0.588. The monoisotopic (exact) mass is 324 g/mol. The molecule has 0 atom stereocenters. The van der Waals surface area contributed by atoms with E-state index in [-0.39, 0.29) is 5.41 Å². The van der Waals surface area contributed by atoms with Crippen LogP contribution in [0.3, 0.4) is 0 Å². The SMILES string of the molecule is CN=C(NCCc1ccc(Cl)cc1)NCC(C)(C)CN(C)C. The van der Waals surface area contributed by atoms with Crippen LogP contribution < -0.4 is 10.6 Å². The van der Waals surface area contributed by atoms with Gasteiger partial charge in [-0.1, -0.05) is 37.6 Å². The molecule has 0 aromatic heterocycles. The molecule has 4 nitrogen and oxygen atoms in total. The van der Waals surface area contributed by atoms with Crippen LogP contribution in [0, 0.1) is 5.41 Å². The molecule has 2 N–H and O–H groups in total. The van der Waals surface area contributed by atoms with E-state index in [1.807, 2.05) is 12.1 Å². The predicted octanol–water partition coefficient (Wildman–Crippen LogP) is 2.64. The number of halogens is 1. The summed E-state index contributed by atoms with van der Waals surface area (Å²) in [4.78, 5) is 6.48. The minimum atomic E-state index is 0.192. The largest absolute Gasteiger partial charge is 0.356 e. The van der Waals surface area contributed by atoms with E-state index in [1.165, 1.54) is 5.56 Å². The van der Waals surface area contributed by atoms with Crippen LogP contribution in [0.15, 0.2) is 29.3 Å². The van der Waals surface area contributed by atoms with Crippen molar-refractivity contribution in [2.45, 2.75) is 20.3 Å². The Morgan fingerprint density at radius 3 is 2.36 bits per heavy atom. The van der Waals surface area contributed by atoms with Crippen LogP contribution in [0.5, 0.6) is 0 Å². The van der Waals surface area contributed by atoms with Gasteiger partial charge in [0.2, 0.25) is 0 Å². The predicted molar refractivity (Wildman–Crippen MR) is 96.9 cm³/mol. The van der Waals surface area contributed by atoms with Gasteiger partial charge in [0.15, 0.2) is 5.96 Å². The smallest absolute Gasteiger partial charge is 0.191 e. The van der Waals surface area contributed by atoms with Crippen LogP contribution in [0.4, 0.5) is 0 Å². The van der Waals surface area contributed by atoms with Gasteiger partial charge in [-0.05, 0) is 43.6 Å². The highest BCUT2D eigenvalue weighted by Crippen LogP contribution is 2.14. The Morgan fingerprint density at radius 2 is 1.82 bits per heavy atom. The Bertz CT molecular complexity index is 466. The Labute approximate surface area is 140 Å². The van der Waals surface area contributed by atoms with Crippen LogP contribution in [-0.2, 0) is 6.42 Å². The van der Waals surface area contributed by atoms with Crippen LogP contribution in [0.25, 0.3) is 0 Å². The maximum Gasteiger partial charge on any atom is 0.191 e. The van der Waals surface area contributed by atoms with E-state index in [0.717, 1.165) is 37.0 Å². The van der Waals surface area contributed by atoms with Crippen LogP contribution >= 0.6 is 11.6 Å². The highest BCUT2D eigenvalue weighted by atomic mass is 35.5. The Hall–Kier alpha value is -1.26. The van der Waals surface area contributed by atoms with Gasteiger partial charge in [0.25, 0.3) is 0 Å². The lowest BCUT2D eigenvalue weighted by Gasteiger charge is -2.29. The molecule has 0 radical (unpaired) electrons. The zero-order valence-corrected chi connectivity index (χ0v) is 15.2. The number of rotatable bonds is 7. The molecule has 124 valence electrons. The summed E-state index contributed by atoms with van der Waals surface area (Å²) in [6, 6.07) is 7.96. The molecule has 0 unspecified atom stereocenters. The molecule has 1 rings (SSSR count). The molecule has 0 aliphatic carbocycles. The molecule has 22 heavy (non-hydrogen) atoms. The third-order valence-electron chi connectivity index (χ3n) is 3.32. The standard InChI is InChI=1S/C17H29ClN4/c1-17(2,13-22(4)5)12-21-16(19-3)20-11-10-14-6-8-15(18)9-7-14/h6-9H,10-13H2,1-5H3,(H2,19,20,21). The minimum Gasteiger partial charge on any atom is -0.356 e. The van der Waals surface area contributed by atoms with Crippen LogP contribution in [-0.4, -0.2) is 51.6 Å². The first-order valence-corrected chi connectivity index (χ1v) is 8.04. The lowest BCUT2D eigenvalue weighted by atomic mass is 9.93. The lowest BCUT2D eigenvalue weighted by molar-refractivity contribution is 0.241. The summed E-state index contributed by atoms with van der Waals surface area (Å²) in [5.41, 5.74) is 1.46. The van der Waals surface area contributed by atoms with Crippen molar-refractivity contribution in [3.8, 4) is 0 Å².